The van der Waals surface area contributed by atoms with Crippen LogP contribution in [0.15, 0.2) is 52.8 Å². The standard InChI is InChI=1S/C20H21F3N4O2/c1-14-12-16(15-2-5-18(6-3-15)29-20(21,22)23)4-7-19(14)25-26-27(13-28)17-8-10-24-11-9-17/h2-7,12-13,17,24H,8-11H2,1H3/b26-25-. The van der Waals surface area contributed by atoms with E-state index in [1.807, 2.05) is 13.0 Å². The number of rotatable bonds is 6. The maximum absolute atomic E-state index is 12.3. The third kappa shape index (κ3) is 5.77. The van der Waals surface area contributed by atoms with Crippen molar-refractivity contribution in [1.82, 2.24) is 10.3 Å². The van der Waals surface area contributed by atoms with Crippen molar-refractivity contribution in [2.24, 2.45) is 10.3 Å². The van der Waals surface area contributed by atoms with Gasteiger partial charge in [-0.2, -0.15) is 0 Å². The molecule has 0 saturated carbocycles. The Labute approximate surface area is 166 Å². The molecule has 0 radical (unpaired) electrons. The van der Waals surface area contributed by atoms with Crippen molar-refractivity contribution in [3.05, 3.63) is 48.0 Å². The largest absolute Gasteiger partial charge is 0.573 e. The summed E-state index contributed by atoms with van der Waals surface area (Å²) in [7, 11) is 0. The first-order valence-corrected chi connectivity index (χ1v) is 9.18. The zero-order valence-electron chi connectivity index (χ0n) is 15.8. The molecule has 0 bridgehead atoms. The number of hydrogen-bond donors (Lipinski definition) is 1. The van der Waals surface area contributed by atoms with Gasteiger partial charge in [0.15, 0.2) is 0 Å². The van der Waals surface area contributed by atoms with Crippen molar-refractivity contribution in [1.29, 1.82) is 0 Å². The number of aryl methyl sites for hydroxylation is 1. The number of alkyl halides is 3. The van der Waals surface area contributed by atoms with Crippen LogP contribution >= 0.6 is 0 Å². The molecular formula is C20H21F3N4O2. The van der Waals surface area contributed by atoms with Gasteiger partial charge in [0.05, 0.1) is 11.7 Å². The fourth-order valence-electron chi connectivity index (χ4n) is 3.15. The van der Waals surface area contributed by atoms with Gasteiger partial charge in [-0.05, 0) is 73.8 Å². The highest BCUT2D eigenvalue weighted by atomic mass is 19.4. The Hall–Kier alpha value is -2.94. The van der Waals surface area contributed by atoms with Gasteiger partial charge >= 0.3 is 6.36 Å². The number of carbonyl (C=O) groups is 1. The lowest BCUT2D eigenvalue weighted by Gasteiger charge is -2.26. The molecule has 0 atom stereocenters. The van der Waals surface area contributed by atoms with E-state index < -0.39 is 6.36 Å². The average Bonchev–Trinajstić information content (AvgIpc) is 2.69. The maximum atomic E-state index is 12.3. The number of carbonyl (C=O) groups excluding carboxylic acids is 1. The molecule has 0 aliphatic carbocycles. The van der Waals surface area contributed by atoms with Gasteiger partial charge in [-0.15, -0.1) is 18.3 Å². The molecule has 3 rings (SSSR count). The number of nitrogens with zero attached hydrogens (tertiary/aromatic N) is 3. The van der Waals surface area contributed by atoms with Gasteiger partial charge in [0.1, 0.15) is 5.75 Å². The molecule has 1 saturated heterocycles. The van der Waals surface area contributed by atoms with Crippen LogP contribution in [0.4, 0.5) is 18.9 Å². The van der Waals surface area contributed by atoms with Crippen LogP contribution in [0, 0.1) is 6.92 Å². The minimum absolute atomic E-state index is 0.0366. The fourth-order valence-corrected chi connectivity index (χ4v) is 3.15. The fraction of sp³-hybridized carbons (Fsp3) is 0.350. The Kier molecular flexibility index (Phi) is 6.48. The predicted molar refractivity (Wildman–Crippen MR) is 102 cm³/mol. The van der Waals surface area contributed by atoms with Gasteiger partial charge in [-0.1, -0.05) is 23.4 Å². The Bertz CT molecular complexity index is 863. The van der Waals surface area contributed by atoms with E-state index in [4.69, 9.17) is 0 Å². The second-order valence-electron chi connectivity index (χ2n) is 6.73. The number of halogens is 3. The molecular weight excluding hydrogens is 385 g/mol. The molecule has 2 aromatic carbocycles. The lowest BCUT2D eigenvalue weighted by Crippen LogP contribution is -2.39. The highest BCUT2D eigenvalue weighted by Crippen LogP contribution is 2.30. The van der Waals surface area contributed by atoms with Crippen LogP contribution in [-0.2, 0) is 4.79 Å². The summed E-state index contributed by atoms with van der Waals surface area (Å²) in [6.45, 7) is 3.53. The van der Waals surface area contributed by atoms with Crippen LogP contribution in [0.1, 0.15) is 18.4 Å². The predicted octanol–water partition coefficient (Wildman–Crippen LogP) is 4.77. The van der Waals surface area contributed by atoms with E-state index in [9.17, 15) is 18.0 Å². The average molecular weight is 406 g/mol. The summed E-state index contributed by atoms with van der Waals surface area (Å²) < 4.78 is 40.7. The normalized spacial score (nSPS) is 15.4. The van der Waals surface area contributed by atoms with Crippen LogP contribution in [0.5, 0.6) is 5.75 Å². The molecule has 1 amide bonds. The molecule has 154 valence electrons. The molecule has 0 unspecified atom stereocenters. The third-order valence-electron chi connectivity index (χ3n) is 4.66. The molecule has 1 fully saturated rings. The van der Waals surface area contributed by atoms with Gasteiger partial charge in [0.25, 0.3) is 0 Å². The second-order valence-corrected chi connectivity index (χ2v) is 6.73. The number of nitrogens with one attached hydrogen (secondary N) is 1. The van der Waals surface area contributed by atoms with Gasteiger partial charge in [0, 0.05) is 0 Å². The van der Waals surface area contributed by atoms with E-state index in [0.717, 1.165) is 42.6 Å². The van der Waals surface area contributed by atoms with Crippen LogP contribution in [-0.4, -0.2) is 36.9 Å². The second kappa shape index (κ2) is 9.04. The zero-order valence-corrected chi connectivity index (χ0v) is 15.8. The van der Waals surface area contributed by atoms with E-state index >= 15 is 0 Å². The number of amides is 1. The Balaban J connectivity index is 1.71. The Morgan fingerprint density at radius 3 is 2.34 bits per heavy atom. The van der Waals surface area contributed by atoms with Crippen LogP contribution in [0.3, 0.4) is 0 Å². The van der Waals surface area contributed by atoms with Crippen molar-refractivity contribution in [3.8, 4) is 16.9 Å². The highest BCUT2D eigenvalue weighted by Gasteiger charge is 2.31. The molecule has 0 aromatic heterocycles. The summed E-state index contributed by atoms with van der Waals surface area (Å²) in [5.74, 6) is -0.268. The molecule has 1 heterocycles. The lowest BCUT2D eigenvalue weighted by molar-refractivity contribution is -0.274. The number of hydrogen-bond acceptors (Lipinski definition) is 5. The van der Waals surface area contributed by atoms with Crippen LogP contribution < -0.4 is 10.1 Å². The van der Waals surface area contributed by atoms with E-state index in [1.165, 1.54) is 17.1 Å². The van der Waals surface area contributed by atoms with E-state index in [2.05, 4.69) is 20.4 Å². The SMILES string of the molecule is Cc1cc(-c2ccc(OC(F)(F)F)cc2)ccc1/N=N\N(C=O)C1CCNCC1. The molecule has 1 aliphatic heterocycles. The van der Waals surface area contributed by atoms with Crippen molar-refractivity contribution in [2.75, 3.05) is 13.1 Å². The lowest BCUT2D eigenvalue weighted by atomic mass is 10.0. The molecule has 6 nitrogen and oxygen atoms in total. The number of benzene rings is 2. The first-order valence-electron chi connectivity index (χ1n) is 9.18. The Morgan fingerprint density at radius 1 is 1.10 bits per heavy atom. The van der Waals surface area contributed by atoms with Gasteiger partial charge < -0.3 is 10.1 Å². The molecule has 29 heavy (non-hydrogen) atoms. The number of ether oxygens (including phenoxy) is 1. The maximum Gasteiger partial charge on any atom is 0.573 e. The summed E-state index contributed by atoms with van der Waals surface area (Å²) in [6.07, 6.45) is -2.38. The third-order valence-corrected chi connectivity index (χ3v) is 4.66. The van der Waals surface area contributed by atoms with Crippen LogP contribution in [0.25, 0.3) is 11.1 Å². The zero-order chi connectivity index (χ0) is 20.9. The first-order chi connectivity index (χ1) is 13.9. The molecule has 1 aliphatic rings. The minimum atomic E-state index is -4.71. The summed E-state index contributed by atoms with van der Waals surface area (Å²) in [5, 5.41) is 12.9. The molecule has 0 spiro atoms. The van der Waals surface area contributed by atoms with Crippen molar-refractivity contribution >= 4 is 12.1 Å². The highest BCUT2D eigenvalue weighted by molar-refractivity contribution is 5.68. The van der Waals surface area contributed by atoms with E-state index in [0.29, 0.717) is 12.1 Å². The van der Waals surface area contributed by atoms with Crippen molar-refractivity contribution < 1.29 is 22.7 Å². The summed E-state index contributed by atoms with van der Waals surface area (Å²) in [6, 6.07) is 11.1. The summed E-state index contributed by atoms with van der Waals surface area (Å²) in [5.41, 5.74) is 3.02. The molecule has 2 aromatic rings. The Morgan fingerprint density at radius 2 is 1.76 bits per heavy atom. The van der Waals surface area contributed by atoms with Gasteiger partial charge in [-0.25, -0.2) is 5.01 Å². The van der Waals surface area contributed by atoms with Gasteiger partial charge in [0.2, 0.25) is 6.41 Å². The number of piperidine rings is 1. The summed E-state index contributed by atoms with van der Waals surface area (Å²) in [4.78, 5) is 11.3. The van der Waals surface area contributed by atoms with Gasteiger partial charge in [-0.3, -0.25) is 4.79 Å². The molecule has 9 heteroatoms. The quantitative estimate of drug-likeness (QED) is 0.427. The first kappa shape index (κ1) is 20.8. The summed E-state index contributed by atoms with van der Waals surface area (Å²) >= 11 is 0. The van der Waals surface area contributed by atoms with Crippen molar-refractivity contribution in [3.63, 3.8) is 0 Å². The minimum Gasteiger partial charge on any atom is -0.406 e. The van der Waals surface area contributed by atoms with Crippen LogP contribution in [0.2, 0.25) is 0 Å². The van der Waals surface area contributed by atoms with E-state index in [1.54, 1.807) is 24.3 Å². The van der Waals surface area contributed by atoms with Crippen molar-refractivity contribution in [2.45, 2.75) is 32.2 Å². The van der Waals surface area contributed by atoms with E-state index in [-0.39, 0.29) is 11.8 Å². The topological polar surface area (TPSA) is 66.3 Å². The monoisotopic (exact) mass is 406 g/mol. The smallest absolute Gasteiger partial charge is 0.406 e. The molecule has 1 N–H and O–H groups in total.